The van der Waals surface area contributed by atoms with Crippen LogP contribution in [0.25, 0.3) is 0 Å². The molecule has 0 bridgehead atoms. The second kappa shape index (κ2) is 10.6. The molecule has 0 heterocycles. The van der Waals surface area contributed by atoms with Gasteiger partial charge in [-0.05, 0) is 53.8 Å². The minimum absolute atomic E-state index is 0.220. The third-order valence-corrected chi connectivity index (χ3v) is 12.7. The minimum atomic E-state index is -0.889. The van der Waals surface area contributed by atoms with Crippen molar-refractivity contribution >= 4 is 51.2 Å². The van der Waals surface area contributed by atoms with Crippen LogP contribution in [0.4, 0.5) is 0 Å². The van der Waals surface area contributed by atoms with Gasteiger partial charge in [-0.15, -0.1) is 0 Å². The molecule has 0 saturated heterocycles. The molecule has 2 aliphatic carbocycles. The number of hydrogen-bond donors (Lipinski definition) is 2. The van der Waals surface area contributed by atoms with E-state index in [9.17, 15) is 9.90 Å². The van der Waals surface area contributed by atoms with Crippen molar-refractivity contribution in [3.8, 4) is 0 Å². The van der Waals surface area contributed by atoms with E-state index in [0.717, 1.165) is 5.92 Å². The van der Waals surface area contributed by atoms with Gasteiger partial charge in [-0.25, -0.2) is 0 Å². The number of halogens is 2. The Kier molecular flexibility index (Phi) is 9.58. The number of carboxylic acids is 1. The smallest absolute Gasteiger partial charge is 0.320 e. The fourth-order valence-corrected chi connectivity index (χ4v) is 9.61. The van der Waals surface area contributed by atoms with Crippen LogP contribution in [0.15, 0.2) is 0 Å². The SMILES string of the molecule is CCC1C(I)C(C)C(OC2C(C)C(C)C(CC(N)C(=O)O)C(C)C2C)C(C)C1I. The summed E-state index contributed by atoms with van der Waals surface area (Å²) in [7, 11) is 0. The molecule has 2 fully saturated rings. The van der Waals surface area contributed by atoms with Crippen molar-refractivity contribution in [2.45, 2.75) is 87.4 Å². The zero-order valence-electron chi connectivity index (χ0n) is 19.0. The summed E-state index contributed by atoms with van der Waals surface area (Å²) < 4.78 is 8.29. The van der Waals surface area contributed by atoms with Crippen molar-refractivity contribution in [1.82, 2.24) is 0 Å². The fourth-order valence-electron chi connectivity index (χ4n) is 6.08. The highest BCUT2D eigenvalue weighted by molar-refractivity contribution is 14.1. The van der Waals surface area contributed by atoms with Crippen molar-refractivity contribution < 1.29 is 14.6 Å². The molecule has 6 heteroatoms. The molecule has 0 radical (unpaired) electrons. The molecule has 9 atom stereocenters. The third kappa shape index (κ3) is 5.27. The van der Waals surface area contributed by atoms with E-state index in [0.29, 0.717) is 55.7 Å². The Balaban J connectivity index is 2.18. The predicted molar refractivity (Wildman–Crippen MR) is 137 cm³/mol. The summed E-state index contributed by atoms with van der Waals surface area (Å²) in [6.45, 7) is 16.2. The number of carboxylic acid groups (broad SMARTS) is 1. The molecule has 4 nitrogen and oxygen atoms in total. The Morgan fingerprint density at radius 3 is 1.66 bits per heavy atom. The van der Waals surface area contributed by atoms with Crippen LogP contribution >= 0.6 is 45.2 Å². The normalized spacial score (nSPS) is 49.6. The Morgan fingerprint density at radius 2 is 1.28 bits per heavy atom. The standard InChI is InChI=1S/C23H41I2NO3/c1-8-16-19(24)14(6)22(15(7)20(16)25)29-21-12(4)10(2)17(11(3)13(21)5)9-18(26)23(27)28/h10-22H,8-9,26H2,1-7H3,(H,27,28). The van der Waals surface area contributed by atoms with Crippen LogP contribution in [0.3, 0.4) is 0 Å². The first-order valence-corrected chi connectivity index (χ1v) is 13.8. The number of carbonyl (C=O) groups is 1. The first-order chi connectivity index (χ1) is 13.4. The van der Waals surface area contributed by atoms with Crippen LogP contribution in [0.2, 0.25) is 0 Å². The number of ether oxygens (including phenoxy) is 1. The first kappa shape index (κ1) is 26.1. The van der Waals surface area contributed by atoms with Crippen molar-refractivity contribution in [2.75, 3.05) is 0 Å². The summed E-state index contributed by atoms with van der Waals surface area (Å²) in [4.78, 5) is 11.3. The van der Waals surface area contributed by atoms with Gasteiger partial charge < -0.3 is 15.6 Å². The van der Waals surface area contributed by atoms with Crippen molar-refractivity contribution in [1.29, 1.82) is 0 Å². The molecular formula is C23H41I2NO3. The summed E-state index contributed by atoms with van der Waals surface area (Å²) in [5.74, 6) is 2.88. The molecule has 170 valence electrons. The molecule has 0 aliphatic heterocycles. The summed E-state index contributed by atoms with van der Waals surface area (Å²) in [5.41, 5.74) is 5.91. The third-order valence-electron chi connectivity index (χ3n) is 8.53. The maximum atomic E-state index is 11.3. The van der Waals surface area contributed by atoms with Gasteiger partial charge in [-0.1, -0.05) is 100 Å². The largest absolute Gasteiger partial charge is 0.480 e. The molecule has 2 aliphatic rings. The molecule has 0 aromatic rings. The zero-order chi connectivity index (χ0) is 22.2. The van der Waals surface area contributed by atoms with Crippen LogP contribution in [-0.2, 0) is 9.53 Å². The van der Waals surface area contributed by atoms with Crippen LogP contribution in [0.1, 0.15) is 61.3 Å². The summed E-state index contributed by atoms with van der Waals surface area (Å²) >= 11 is 5.33. The molecule has 0 aromatic carbocycles. The van der Waals surface area contributed by atoms with E-state index in [-0.39, 0.29) is 12.2 Å². The molecule has 0 aromatic heterocycles. The van der Waals surface area contributed by atoms with E-state index < -0.39 is 12.0 Å². The average molecular weight is 633 g/mol. The van der Waals surface area contributed by atoms with Gasteiger partial charge in [0.2, 0.25) is 0 Å². The Hall–Kier alpha value is 0.850. The lowest BCUT2D eigenvalue weighted by atomic mass is 9.60. The van der Waals surface area contributed by atoms with Crippen molar-refractivity contribution in [2.24, 2.45) is 53.1 Å². The van der Waals surface area contributed by atoms with Crippen LogP contribution in [0, 0.1) is 47.3 Å². The maximum absolute atomic E-state index is 11.3. The van der Waals surface area contributed by atoms with Gasteiger partial charge in [0.05, 0.1) is 12.2 Å². The lowest BCUT2D eigenvalue weighted by Gasteiger charge is -2.52. The Morgan fingerprint density at radius 1 is 0.862 bits per heavy atom. The van der Waals surface area contributed by atoms with E-state index >= 15 is 0 Å². The number of aliphatic carboxylic acids is 1. The fraction of sp³-hybridized carbons (Fsp3) is 0.957. The summed E-state index contributed by atoms with van der Waals surface area (Å²) in [5, 5.41) is 9.28. The van der Waals surface area contributed by atoms with E-state index in [1.807, 2.05) is 0 Å². The molecule has 0 spiro atoms. The highest BCUT2D eigenvalue weighted by Crippen LogP contribution is 2.49. The van der Waals surface area contributed by atoms with Gasteiger partial charge in [0, 0.05) is 7.85 Å². The van der Waals surface area contributed by atoms with Gasteiger partial charge in [0.15, 0.2) is 0 Å². The topological polar surface area (TPSA) is 72.5 Å². The number of hydrogen-bond acceptors (Lipinski definition) is 3. The summed E-state index contributed by atoms with van der Waals surface area (Å²) in [6.07, 6.45) is 2.30. The van der Waals surface area contributed by atoms with E-state index in [1.165, 1.54) is 6.42 Å². The highest BCUT2D eigenvalue weighted by atomic mass is 127. The first-order valence-electron chi connectivity index (χ1n) is 11.4. The summed E-state index contributed by atoms with van der Waals surface area (Å²) in [6, 6.07) is -0.773. The molecule has 29 heavy (non-hydrogen) atoms. The molecule has 2 rings (SSSR count). The van der Waals surface area contributed by atoms with Crippen LogP contribution < -0.4 is 5.73 Å². The van der Waals surface area contributed by atoms with E-state index in [2.05, 4.69) is 93.6 Å². The number of alkyl halides is 2. The van der Waals surface area contributed by atoms with Gasteiger partial charge in [-0.2, -0.15) is 0 Å². The Bertz CT molecular complexity index is 530. The van der Waals surface area contributed by atoms with Crippen LogP contribution in [-0.4, -0.2) is 37.2 Å². The second-order valence-corrected chi connectivity index (χ2v) is 12.9. The number of nitrogens with two attached hydrogens (primary N) is 1. The second-order valence-electron chi connectivity index (χ2n) is 10.0. The Labute approximate surface area is 205 Å². The molecule has 3 N–H and O–H groups in total. The highest BCUT2D eigenvalue weighted by Gasteiger charge is 2.49. The molecule has 0 amide bonds. The molecule has 9 unspecified atom stereocenters. The lowest BCUT2D eigenvalue weighted by Crippen LogP contribution is -2.55. The zero-order valence-corrected chi connectivity index (χ0v) is 23.3. The van der Waals surface area contributed by atoms with Crippen molar-refractivity contribution in [3.63, 3.8) is 0 Å². The quantitative estimate of drug-likeness (QED) is 0.294. The van der Waals surface area contributed by atoms with Gasteiger partial charge in [0.1, 0.15) is 6.04 Å². The maximum Gasteiger partial charge on any atom is 0.320 e. The van der Waals surface area contributed by atoms with Gasteiger partial charge >= 0.3 is 5.97 Å². The van der Waals surface area contributed by atoms with E-state index in [1.54, 1.807) is 0 Å². The lowest BCUT2D eigenvalue weighted by molar-refractivity contribution is -0.163. The molecule has 2 saturated carbocycles. The average Bonchev–Trinajstić information content (AvgIpc) is 2.68. The van der Waals surface area contributed by atoms with Crippen LogP contribution in [0.5, 0.6) is 0 Å². The van der Waals surface area contributed by atoms with E-state index in [4.69, 9.17) is 10.5 Å². The van der Waals surface area contributed by atoms with Crippen molar-refractivity contribution in [3.05, 3.63) is 0 Å². The predicted octanol–water partition coefficient (Wildman–Crippen LogP) is 5.64. The van der Waals surface area contributed by atoms with Gasteiger partial charge in [-0.3, -0.25) is 4.79 Å². The van der Waals surface area contributed by atoms with Gasteiger partial charge in [0.25, 0.3) is 0 Å². The number of rotatable bonds is 6. The molecular weight excluding hydrogens is 592 g/mol. The monoisotopic (exact) mass is 633 g/mol. The minimum Gasteiger partial charge on any atom is -0.480 e.